The number of ether oxygens (including phenoxy) is 1. The number of carbonyl (C=O) groups is 1. The Bertz CT molecular complexity index is 680. The van der Waals surface area contributed by atoms with Gasteiger partial charge in [-0.15, -0.1) is 0 Å². The van der Waals surface area contributed by atoms with Gasteiger partial charge in [-0.3, -0.25) is 0 Å². The lowest BCUT2D eigenvalue weighted by Gasteiger charge is -2.09. The molecule has 5 nitrogen and oxygen atoms in total. The number of rotatable bonds is 3. The van der Waals surface area contributed by atoms with Crippen LogP contribution >= 0.6 is 15.9 Å². The number of aromatic carboxylic acids is 1. The Morgan fingerprint density at radius 3 is 2.74 bits per heavy atom. The largest absolute Gasteiger partial charge is 0.476 e. The van der Waals surface area contributed by atoms with Crippen LogP contribution in [0.5, 0.6) is 11.5 Å². The molecule has 0 spiro atoms. The van der Waals surface area contributed by atoms with Crippen LogP contribution in [0.1, 0.15) is 16.1 Å². The second kappa shape index (κ2) is 5.50. The fourth-order valence-electron chi connectivity index (χ4n) is 1.45. The van der Waals surface area contributed by atoms with Gasteiger partial charge < -0.3 is 9.84 Å². The first-order valence-corrected chi connectivity index (χ1v) is 5.97. The zero-order valence-electron chi connectivity index (χ0n) is 9.50. The highest BCUT2D eigenvalue weighted by molar-refractivity contribution is 9.10. The summed E-state index contributed by atoms with van der Waals surface area (Å²) in [5.41, 5.74) is 0.0917. The number of carboxylic acid groups (broad SMARTS) is 1. The molecule has 2 aromatic rings. The molecular weight excluding hydrogens is 312 g/mol. The molecular formula is C13H7BrN2O3. The summed E-state index contributed by atoms with van der Waals surface area (Å²) in [7, 11) is 0. The Kier molecular flexibility index (Phi) is 3.78. The number of nitrogens with zero attached hydrogens (tertiary/aromatic N) is 2. The van der Waals surface area contributed by atoms with E-state index in [1.807, 2.05) is 6.07 Å². The maximum atomic E-state index is 11.0. The molecule has 94 valence electrons. The Morgan fingerprint density at radius 1 is 1.32 bits per heavy atom. The van der Waals surface area contributed by atoms with Gasteiger partial charge >= 0.3 is 5.97 Å². The van der Waals surface area contributed by atoms with Crippen LogP contribution in [0.3, 0.4) is 0 Å². The first-order valence-electron chi connectivity index (χ1n) is 5.18. The molecule has 0 bridgehead atoms. The third-order valence-electron chi connectivity index (χ3n) is 2.28. The molecule has 0 aliphatic carbocycles. The van der Waals surface area contributed by atoms with Gasteiger partial charge in [-0.2, -0.15) is 5.26 Å². The predicted molar refractivity (Wildman–Crippen MR) is 70.1 cm³/mol. The molecule has 0 atom stereocenters. The van der Waals surface area contributed by atoms with E-state index in [0.29, 0.717) is 10.0 Å². The lowest BCUT2D eigenvalue weighted by molar-refractivity contribution is 0.0687. The SMILES string of the molecule is N#Cc1c(Br)cccc1Oc1cccnc1C(=O)O. The summed E-state index contributed by atoms with van der Waals surface area (Å²) in [4.78, 5) is 14.7. The van der Waals surface area contributed by atoms with Crippen molar-refractivity contribution in [2.45, 2.75) is 0 Å². The predicted octanol–water partition coefficient (Wildman–Crippen LogP) is 3.21. The number of nitriles is 1. The molecule has 0 aliphatic rings. The van der Waals surface area contributed by atoms with E-state index in [2.05, 4.69) is 20.9 Å². The van der Waals surface area contributed by atoms with Crippen molar-refractivity contribution in [3.63, 3.8) is 0 Å². The maximum absolute atomic E-state index is 11.0. The van der Waals surface area contributed by atoms with Crippen molar-refractivity contribution in [1.82, 2.24) is 4.98 Å². The molecule has 1 aromatic carbocycles. The number of carboxylic acids is 1. The smallest absolute Gasteiger partial charge is 0.358 e. The first kappa shape index (κ1) is 13.1. The maximum Gasteiger partial charge on any atom is 0.358 e. The van der Waals surface area contributed by atoms with Gasteiger partial charge in [0.1, 0.15) is 17.4 Å². The molecule has 0 saturated carbocycles. The minimum Gasteiger partial charge on any atom is -0.476 e. The van der Waals surface area contributed by atoms with Crippen molar-refractivity contribution in [3.8, 4) is 17.6 Å². The minimum absolute atomic E-state index is 0.0876. The van der Waals surface area contributed by atoms with Gasteiger partial charge in [-0.25, -0.2) is 9.78 Å². The number of hydrogen-bond acceptors (Lipinski definition) is 4. The van der Waals surface area contributed by atoms with E-state index in [-0.39, 0.29) is 17.2 Å². The summed E-state index contributed by atoms with van der Waals surface area (Å²) in [5, 5.41) is 18.1. The molecule has 0 fully saturated rings. The minimum atomic E-state index is -1.19. The van der Waals surface area contributed by atoms with Crippen molar-refractivity contribution in [2.75, 3.05) is 0 Å². The summed E-state index contributed by atoms with van der Waals surface area (Å²) in [6.45, 7) is 0. The number of halogens is 1. The number of aromatic nitrogens is 1. The normalized spacial score (nSPS) is 9.68. The molecule has 1 aromatic heterocycles. The third-order valence-corrected chi connectivity index (χ3v) is 2.94. The number of pyridine rings is 1. The molecule has 6 heteroatoms. The fraction of sp³-hybridized carbons (Fsp3) is 0. The van der Waals surface area contributed by atoms with Crippen molar-refractivity contribution in [3.05, 3.63) is 52.3 Å². The number of hydrogen-bond donors (Lipinski definition) is 1. The molecule has 0 unspecified atom stereocenters. The highest BCUT2D eigenvalue weighted by atomic mass is 79.9. The molecule has 0 radical (unpaired) electrons. The lowest BCUT2D eigenvalue weighted by Crippen LogP contribution is -2.03. The van der Waals surface area contributed by atoms with Crippen molar-refractivity contribution >= 4 is 21.9 Å². The van der Waals surface area contributed by atoms with Crippen LogP contribution in [0.25, 0.3) is 0 Å². The highest BCUT2D eigenvalue weighted by Gasteiger charge is 2.15. The second-order valence-corrected chi connectivity index (χ2v) is 4.34. The van der Waals surface area contributed by atoms with E-state index in [1.54, 1.807) is 24.3 Å². The topological polar surface area (TPSA) is 83.2 Å². The summed E-state index contributed by atoms with van der Waals surface area (Å²) in [6, 6.07) is 10.0. The lowest BCUT2D eigenvalue weighted by atomic mass is 10.2. The van der Waals surface area contributed by atoms with Crippen molar-refractivity contribution in [1.29, 1.82) is 5.26 Å². The van der Waals surface area contributed by atoms with Gasteiger partial charge in [-0.1, -0.05) is 6.07 Å². The van der Waals surface area contributed by atoms with Crippen LogP contribution in [-0.2, 0) is 0 Å². The molecule has 0 saturated heterocycles. The van der Waals surface area contributed by atoms with Gasteiger partial charge in [0, 0.05) is 10.7 Å². The van der Waals surface area contributed by atoms with Crippen LogP contribution in [0.2, 0.25) is 0 Å². The van der Waals surface area contributed by atoms with E-state index in [9.17, 15) is 4.79 Å². The van der Waals surface area contributed by atoms with Crippen LogP contribution in [0, 0.1) is 11.3 Å². The summed E-state index contributed by atoms with van der Waals surface area (Å²) in [6.07, 6.45) is 1.36. The summed E-state index contributed by atoms with van der Waals surface area (Å²) < 4.78 is 6.05. The van der Waals surface area contributed by atoms with Gasteiger partial charge in [0.2, 0.25) is 0 Å². The van der Waals surface area contributed by atoms with E-state index >= 15 is 0 Å². The molecule has 1 heterocycles. The van der Waals surface area contributed by atoms with Gasteiger partial charge in [0.25, 0.3) is 0 Å². The Balaban J connectivity index is 2.46. The average Bonchev–Trinajstić information content (AvgIpc) is 2.39. The highest BCUT2D eigenvalue weighted by Crippen LogP contribution is 2.30. The van der Waals surface area contributed by atoms with Crippen LogP contribution < -0.4 is 4.74 Å². The average molecular weight is 319 g/mol. The van der Waals surface area contributed by atoms with E-state index < -0.39 is 5.97 Å². The zero-order valence-corrected chi connectivity index (χ0v) is 11.1. The quantitative estimate of drug-likeness (QED) is 0.939. The van der Waals surface area contributed by atoms with Gasteiger partial charge in [0.15, 0.2) is 11.4 Å². The van der Waals surface area contributed by atoms with Crippen LogP contribution in [-0.4, -0.2) is 16.1 Å². The Hall–Kier alpha value is -2.39. The van der Waals surface area contributed by atoms with Gasteiger partial charge in [-0.05, 0) is 40.2 Å². The second-order valence-electron chi connectivity index (χ2n) is 3.48. The number of benzene rings is 1. The monoisotopic (exact) mass is 318 g/mol. The van der Waals surface area contributed by atoms with E-state index in [1.165, 1.54) is 12.3 Å². The third kappa shape index (κ3) is 2.72. The van der Waals surface area contributed by atoms with E-state index in [4.69, 9.17) is 15.1 Å². The molecule has 2 rings (SSSR count). The molecule has 1 N–H and O–H groups in total. The first-order chi connectivity index (χ1) is 9.13. The van der Waals surface area contributed by atoms with Crippen LogP contribution in [0.15, 0.2) is 41.0 Å². The molecule has 0 amide bonds. The standard InChI is InChI=1S/C13H7BrN2O3/c14-9-3-1-4-10(8(9)7-15)19-11-5-2-6-16-12(11)13(17)18/h1-6H,(H,17,18). The fourth-order valence-corrected chi connectivity index (χ4v) is 1.89. The molecule has 0 aliphatic heterocycles. The van der Waals surface area contributed by atoms with Crippen molar-refractivity contribution < 1.29 is 14.6 Å². The van der Waals surface area contributed by atoms with Crippen molar-refractivity contribution in [2.24, 2.45) is 0 Å². The molecule has 19 heavy (non-hydrogen) atoms. The Labute approximate surface area is 117 Å². The van der Waals surface area contributed by atoms with E-state index in [0.717, 1.165) is 0 Å². The van der Waals surface area contributed by atoms with Crippen LogP contribution in [0.4, 0.5) is 0 Å². The Morgan fingerprint density at radius 2 is 2.05 bits per heavy atom. The van der Waals surface area contributed by atoms with Gasteiger partial charge in [0.05, 0.1) is 0 Å². The zero-order chi connectivity index (χ0) is 13.8. The summed E-state index contributed by atoms with van der Waals surface area (Å²) >= 11 is 3.23. The summed E-state index contributed by atoms with van der Waals surface area (Å²) in [5.74, 6) is -0.832.